The summed E-state index contributed by atoms with van der Waals surface area (Å²) in [5.74, 6) is -1.81. The van der Waals surface area contributed by atoms with Gasteiger partial charge in [-0.1, -0.05) is 6.92 Å². The second-order valence-corrected chi connectivity index (χ2v) is 9.25. The van der Waals surface area contributed by atoms with Gasteiger partial charge in [0.2, 0.25) is 0 Å². The first-order chi connectivity index (χ1) is 14.7. The van der Waals surface area contributed by atoms with E-state index in [2.05, 4.69) is 4.98 Å². The summed E-state index contributed by atoms with van der Waals surface area (Å²) < 4.78 is 58.9. The summed E-state index contributed by atoms with van der Waals surface area (Å²) in [7, 11) is -3.54. The van der Waals surface area contributed by atoms with E-state index in [1.807, 2.05) is 0 Å². The average Bonchev–Trinajstić information content (AvgIpc) is 3.23. The Hall–Kier alpha value is -3.46. The second-order valence-electron chi connectivity index (χ2n) is 6.97. The van der Waals surface area contributed by atoms with Crippen LogP contribution in [0.25, 0.3) is 22.2 Å². The molecule has 31 heavy (non-hydrogen) atoms. The molecule has 0 aliphatic heterocycles. The zero-order valence-corrected chi connectivity index (χ0v) is 17.5. The van der Waals surface area contributed by atoms with Crippen LogP contribution in [-0.2, 0) is 9.84 Å². The smallest absolute Gasteiger partial charge is 0.290 e. The predicted octanol–water partition coefficient (Wildman–Crippen LogP) is 4.64. The maximum Gasteiger partial charge on any atom is 0.290 e. The van der Waals surface area contributed by atoms with E-state index < -0.39 is 21.5 Å². The fourth-order valence-corrected chi connectivity index (χ4v) is 4.24. The number of sulfone groups is 1. The number of rotatable bonds is 5. The Morgan fingerprint density at radius 1 is 1.03 bits per heavy atom. The first kappa shape index (κ1) is 20.8. The van der Waals surface area contributed by atoms with E-state index in [0.29, 0.717) is 28.3 Å². The van der Waals surface area contributed by atoms with Crippen LogP contribution in [0.2, 0.25) is 0 Å². The zero-order chi connectivity index (χ0) is 22.3. The molecule has 4 rings (SSSR count). The van der Waals surface area contributed by atoms with Crippen LogP contribution in [0.4, 0.5) is 8.78 Å². The summed E-state index contributed by atoms with van der Waals surface area (Å²) in [5.41, 5.74) is 1.54. The van der Waals surface area contributed by atoms with Gasteiger partial charge in [0.1, 0.15) is 17.3 Å². The van der Waals surface area contributed by atoms with E-state index in [4.69, 9.17) is 4.74 Å². The highest BCUT2D eigenvalue weighted by atomic mass is 32.2. The number of aromatic amines is 1. The largest absolute Gasteiger partial charge is 0.710 e. The van der Waals surface area contributed by atoms with E-state index in [1.165, 1.54) is 25.1 Å². The third-order valence-electron chi connectivity index (χ3n) is 4.99. The van der Waals surface area contributed by atoms with Gasteiger partial charge in [0.15, 0.2) is 21.4 Å². The fourth-order valence-electron chi connectivity index (χ4n) is 3.34. The Kier molecular flexibility index (Phi) is 5.14. The maximum atomic E-state index is 14.2. The number of fused-ring (bicyclic) bond motifs is 1. The van der Waals surface area contributed by atoms with Gasteiger partial charge in [0.05, 0.1) is 22.2 Å². The van der Waals surface area contributed by atoms with Crippen LogP contribution >= 0.6 is 0 Å². The number of aryl methyl sites for hydroxylation is 1. The zero-order valence-electron chi connectivity index (χ0n) is 16.6. The lowest BCUT2D eigenvalue weighted by molar-refractivity contribution is -0.586. The van der Waals surface area contributed by atoms with Crippen molar-refractivity contribution in [2.45, 2.75) is 18.7 Å². The molecule has 0 atom stereocenters. The van der Waals surface area contributed by atoms with Crippen LogP contribution in [0.15, 0.2) is 59.6 Å². The van der Waals surface area contributed by atoms with Gasteiger partial charge < -0.3 is 9.94 Å². The highest BCUT2D eigenvalue weighted by molar-refractivity contribution is 7.91. The van der Waals surface area contributed by atoms with E-state index in [1.54, 1.807) is 25.3 Å². The Bertz CT molecular complexity index is 1410. The molecule has 0 aliphatic carbocycles. The molecule has 0 radical (unpaired) electrons. The number of nitrogens with one attached hydrogen (secondary N) is 1. The highest BCUT2D eigenvalue weighted by Crippen LogP contribution is 2.39. The van der Waals surface area contributed by atoms with Crippen LogP contribution in [0, 0.1) is 23.8 Å². The number of hydrogen-bond acceptors (Lipinski definition) is 4. The molecule has 0 saturated heterocycles. The number of benzene rings is 2. The minimum atomic E-state index is -3.54. The van der Waals surface area contributed by atoms with E-state index in [9.17, 15) is 22.4 Å². The third-order valence-corrected chi connectivity index (χ3v) is 6.72. The molecule has 0 aliphatic rings. The van der Waals surface area contributed by atoms with Gasteiger partial charge in [-0.15, -0.1) is 0 Å². The van der Waals surface area contributed by atoms with Crippen LogP contribution in [0.1, 0.15) is 12.6 Å². The Morgan fingerprint density at radius 2 is 1.77 bits per heavy atom. The van der Waals surface area contributed by atoms with Crippen LogP contribution < -0.4 is 9.47 Å². The molecule has 2 heterocycles. The standard InChI is InChI=1S/C22H18F2N2O4S/c1-3-31(28,29)15-5-7-20(30-21-6-4-14(23)11-19(21)24)18(12-15)17-10-13(2)26(27)22-16(17)8-9-25-22/h4-12,25H,3H2,1-2H3. The second kappa shape index (κ2) is 7.66. The van der Waals surface area contributed by atoms with E-state index >= 15 is 0 Å². The number of halogens is 2. The molecule has 9 heteroatoms. The molecule has 0 saturated carbocycles. The number of H-pyrrole nitrogens is 1. The van der Waals surface area contributed by atoms with Gasteiger partial charge >= 0.3 is 0 Å². The molecule has 0 fully saturated rings. The lowest BCUT2D eigenvalue weighted by Crippen LogP contribution is -2.31. The van der Waals surface area contributed by atoms with Gasteiger partial charge in [-0.2, -0.15) is 0 Å². The van der Waals surface area contributed by atoms with Crippen molar-refractivity contribution in [3.8, 4) is 22.6 Å². The molecule has 2 aromatic heterocycles. The highest BCUT2D eigenvalue weighted by Gasteiger charge is 2.21. The lowest BCUT2D eigenvalue weighted by atomic mass is 10.0. The summed E-state index contributed by atoms with van der Waals surface area (Å²) in [6.45, 7) is 3.15. The number of nitrogens with zero attached hydrogens (tertiary/aromatic N) is 1. The lowest BCUT2D eigenvalue weighted by Gasteiger charge is -2.16. The minimum absolute atomic E-state index is 0.0668. The first-order valence-corrected chi connectivity index (χ1v) is 11.1. The average molecular weight is 444 g/mol. The first-order valence-electron chi connectivity index (χ1n) is 9.41. The van der Waals surface area contributed by atoms with Crippen LogP contribution in [0.5, 0.6) is 11.5 Å². The minimum Gasteiger partial charge on any atom is -0.710 e. The van der Waals surface area contributed by atoms with Gasteiger partial charge in [-0.3, -0.25) is 0 Å². The Balaban J connectivity index is 1.98. The van der Waals surface area contributed by atoms with Crippen LogP contribution in [0.3, 0.4) is 0 Å². The predicted molar refractivity (Wildman–Crippen MR) is 112 cm³/mol. The topological polar surface area (TPSA) is 86.1 Å². The molecule has 0 bridgehead atoms. The molecular formula is C22H18F2N2O4S. The van der Waals surface area contributed by atoms with Gasteiger partial charge in [0.25, 0.3) is 5.65 Å². The molecule has 0 spiro atoms. The molecular weight excluding hydrogens is 426 g/mol. The molecule has 0 amide bonds. The van der Waals surface area contributed by atoms with Gasteiger partial charge in [-0.05, 0) is 49.4 Å². The number of aromatic nitrogens is 2. The molecule has 0 unspecified atom stereocenters. The molecule has 1 N–H and O–H groups in total. The quantitative estimate of drug-likeness (QED) is 0.359. The number of ether oxygens (including phenoxy) is 1. The van der Waals surface area contributed by atoms with Crippen molar-refractivity contribution in [1.29, 1.82) is 0 Å². The van der Waals surface area contributed by atoms with Crippen molar-refractivity contribution in [3.05, 3.63) is 77.3 Å². The van der Waals surface area contributed by atoms with Crippen molar-refractivity contribution in [3.63, 3.8) is 0 Å². The summed E-state index contributed by atoms with van der Waals surface area (Å²) >= 11 is 0. The van der Waals surface area contributed by atoms with Gasteiger partial charge in [-0.25, -0.2) is 26.9 Å². The van der Waals surface area contributed by atoms with Crippen molar-refractivity contribution in [2.75, 3.05) is 5.75 Å². The van der Waals surface area contributed by atoms with Crippen molar-refractivity contribution in [1.82, 2.24) is 4.98 Å². The normalized spacial score (nSPS) is 11.7. The molecule has 2 aromatic carbocycles. The summed E-state index contributed by atoms with van der Waals surface area (Å²) in [5, 5.41) is 12.9. The summed E-state index contributed by atoms with van der Waals surface area (Å²) in [6.07, 6.45) is 1.59. The summed E-state index contributed by atoms with van der Waals surface area (Å²) in [4.78, 5) is 2.94. The Labute approximate surface area is 177 Å². The number of hydrogen-bond donors (Lipinski definition) is 1. The molecule has 160 valence electrons. The Morgan fingerprint density at radius 3 is 2.48 bits per heavy atom. The van der Waals surface area contributed by atoms with E-state index in [0.717, 1.165) is 16.9 Å². The summed E-state index contributed by atoms with van der Waals surface area (Å²) in [6, 6.07) is 10.4. The molecule has 4 aromatic rings. The monoisotopic (exact) mass is 444 g/mol. The van der Waals surface area contributed by atoms with Crippen LogP contribution in [-0.4, -0.2) is 19.2 Å². The van der Waals surface area contributed by atoms with Gasteiger partial charge in [0, 0.05) is 17.2 Å². The van der Waals surface area contributed by atoms with Crippen molar-refractivity contribution in [2.24, 2.45) is 0 Å². The fraction of sp³-hybridized carbons (Fsp3) is 0.136. The third kappa shape index (κ3) is 3.72. The maximum absolute atomic E-state index is 14.2. The molecule has 6 nitrogen and oxygen atoms in total. The SMILES string of the molecule is CCS(=O)(=O)c1ccc(Oc2ccc(F)cc2F)c(-c2cc(C)[n+]([O-])c3[nH]ccc23)c1. The van der Waals surface area contributed by atoms with Crippen molar-refractivity contribution >= 4 is 20.9 Å². The number of pyridine rings is 1. The van der Waals surface area contributed by atoms with Crippen molar-refractivity contribution < 1.29 is 26.7 Å². The van der Waals surface area contributed by atoms with E-state index in [-0.39, 0.29) is 27.8 Å².